The molecule has 3 rings (SSSR count). The van der Waals surface area contributed by atoms with Crippen LogP contribution >= 0.6 is 0 Å². The van der Waals surface area contributed by atoms with E-state index in [2.05, 4.69) is 16.5 Å². The van der Waals surface area contributed by atoms with Crippen molar-refractivity contribution in [2.24, 2.45) is 5.92 Å². The summed E-state index contributed by atoms with van der Waals surface area (Å²) in [7, 11) is -3.84. The van der Waals surface area contributed by atoms with Crippen molar-refractivity contribution in [3.05, 3.63) is 53.1 Å². The molecule has 2 aromatic carbocycles. The van der Waals surface area contributed by atoms with Gasteiger partial charge in [0.2, 0.25) is 0 Å². The van der Waals surface area contributed by atoms with Gasteiger partial charge in [0, 0.05) is 13.1 Å². The van der Waals surface area contributed by atoms with Crippen LogP contribution in [-0.2, 0) is 10.0 Å². The molecule has 0 aromatic heterocycles. The highest BCUT2D eigenvalue weighted by Crippen LogP contribution is 2.33. The number of rotatable bonds is 5. The van der Waals surface area contributed by atoms with Crippen LogP contribution in [-0.4, -0.2) is 32.6 Å². The van der Waals surface area contributed by atoms with Gasteiger partial charge in [-0.25, -0.2) is 13.2 Å². The first-order valence-corrected chi connectivity index (χ1v) is 10.9. The third-order valence-corrected chi connectivity index (χ3v) is 6.76. The summed E-state index contributed by atoms with van der Waals surface area (Å²) in [6.45, 7) is 7.48. The number of benzene rings is 2. The van der Waals surface area contributed by atoms with Crippen molar-refractivity contribution in [3.63, 3.8) is 0 Å². The van der Waals surface area contributed by atoms with Crippen LogP contribution in [0.3, 0.4) is 0 Å². The third-order valence-electron chi connectivity index (χ3n) is 5.23. The zero-order valence-corrected chi connectivity index (χ0v) is 17.2. The maximum absolute atomic E-state index is 13.0. The van der Waals surface area contributed by atoms with Gasteiger partial charge in [-0.05, 0) is 62.4 Å². The summed E-state index contributed by atoms with van der Waals surface area (Å²) in [6.07, 6.45) is 2.04. The monoisotopic (exact) mass is 402 g/mol. The van der Waals surface area contributed by atoms with Gasteiger partial charge in [-0.3, -0.25) is 4.72 Å². The Bertz CT molecular complexity index is 993. The highest BCUT2D eigenvalue weighted by Gasteiger charge is 2.23. The Morgan fingerprint density at radius 2 is 1.79 bits per heavy atom. The summed E-state index contributed by atoms with van der Waals surface area (Å²) in [5, 5.41) is 9.34. The lowest BCUT2D eigenvalue weighted by atomic mass is 9.98. The molecule has 1 fully saturated rings. The Labute approximate surface area is 166 Å². The molecule has 150 valence electrons. The number of hydrogen-bond donors (Lipinski definition) is 2. The second-order valence-corrected chi connectivity index (χ2v) is 9.23. The molecule has 1 aliphatic rings. The Hall–Kier alpha value is -2.54. The number of carbonyl (C=O) groups is 1. The largest absolute Gasteiger partial charge is 0.478 e. The highest BCUT2D eigenvalue weighted by molar-refractivity contribution is 7.92. The second kappa shape index (κ2) is 7.83. The third kappa shape index (κ3) is 4.30. The minimum absolute atomic E-state index is 0.0486. The number of carboxylic acids is 1. The predicted molar refractivity (Wildman–Crippen MR) is 111 cm³/mol. The lowest BCUT2D eigenvalue weighted by molar-refractivity contribution is 0.0697. The van der Waals surface area contributed by atoms with E-state index < -0.39 is 16.0 Å². The molecule has 1 heterocycles. The molecular formula is C21H26N2O4S. The van der Waals surface area contributed by atoms with Gasteiger partial charge in [-0.15, -0.1) is 0 Å². The molecule has 0 spiro atoms. The number of hydrogen-bond acceptors (Lipinski definition) is 4. The number of sulfonamides is 1. The van der Waals surface area contributed by atoms with Crippen LogP contribution in [0, 0.1) is 19.8 Å². The summed E-state index contributed by atoms with van der Waals surface area (Å²) in [4.78, 5) is 13.7. The van der Waals surface area contributed by atoms with Crippen molar-refractivity contribution in [3.8, 4) is 0 Å². The van der Waals surface area contributed by atoms with Crippen LogP contribution < -0.4 is 9.62 Å². The van der Waals surface area contributed by atoms with Gasteiger partial charge >= 0.3 is 5.97 Å². The molecule has 28 heavy (non-hydrogen) atoms. The zero-order chi connectivity index (χ0) is 20.5. The molecule has 7 heteroatoms. The van der Waals surface area contributed by atoms with Crippen LogP contribution in [0.15, 0.2) is 41.3 Å². The molecular weight excluding hydrogens is 376 g/mol. The average molecular weight is 403 g/mol. The second-order valence-electron chi connectivity index (χ2n) is 7.58. The van der Waals surface area contributed by atoms with Gasteiger partial charge < -0.3 is 10.0 Å². The predicted octanol–water partition coefficient (Wildman–Crippen LogP) is 4.04. The zero-order valence-electron chi connectivity index (χ0n) is 16.4. The summed E-state index contributed by atoms with van der Waals surface area (Å²) < 4.78 is 28.7. The van der Waals surface area contributed by atoms with Gasteiger partial charge in [0.1, 0.15) is 0 Å². The van der Waals surface area contributed by atoms with Crippen LogP contribution in [0.25, 0.3) is 0 Å². The van der Waals surface area contributed by atoms with Gasteiger partial charge in [-0.2, -0.15) is 0 Å². The van der Waals surface area contributed by atoms with Gasteiger partial charge in [-0.1, -0.05) is 24.6 Å². The van der Waals surface area contributed by atoms with Crippen LogP contribution in [0.5, 0.6) is 0 Å². The van der Waals surface area contributed by atoms with E-state index in [-0.39, 0.29) is 10.5 Å². The molecule has 2 N–H and O–H groups in total. The van der Waals surface area contributed by atoms with Crippen molar-refractivity contribution >= 4 is 27.4 Å². The SMILES string of the molecule is Cc1ccc(S(=O)(=O)Nc2cc(C(=O)O)ccc2N2CCC(C)CC2)c(C)c1. The Kier molecular flexibility index (Phi) is 5.65. The first kappa shape index (κ1) is 20.2. The van der Waals surface area contributed by atoms with E-state index >= 15 is 0 Å². The van der Waals surface area contributed by atoms with Gasteiger partial charge in [0.15, 0.2) is 0 Å². The normalized spacial score (nSPS) is 15.5. The molecule has 0 atom stereocenters. The van der Waals surface area contributed by atoms with Crippen LogP contribution in [0.4, 0.5) is 11.4 Å². The lowest BCUT2D eigenvalue weighted by Gasteiger charge is -2.33. The maximum Gasteiger partial charge on any atom is 0.335 e. The lowest BCUT2D eigenvalue weighted by Crippen LogP contribution is -2.33. The molecule has 0 bridgehead atoms. The summed E-state index contributed by atoms with van der Waals surface area (Å²) in [6, 6.07) is 9.76. The summed E-state index contributed by atoms with van der Waals surface area (Å²) in [5.74, 6) is -0.462. The van der Waals surface area contributed by atoms with Crippen LogP contribution in [0.1, 0.15) is 41.3 Å². The number of anilines is 2. The minimum atomic E-state index is -3.84. The number of aromatic carboxylic acids is 1. The van der Waals surface area contributed by atoms with Crippen molar-refractivity contribution in [1.82, 2.24) is 0 Å². The molecule has 6 nitrogen and oxygen atoms in total. The Morgan fingerprint density at radius 3 is 2.39 bits per heavy atom. The van der Waals surface area contributed by atoms with Crippen molar-refractivity contribution in [2.45, 2.75) is 38.5 Å². The smallest absolute Gasteiger partial charge is 0.335 e. The number of nitrogens with one attached hydrogen (secondary N) is 1. The molecule has 2 aromatic rings. The number of nitrogens with zero attached hydrogens (tertiary/aromatic N) is 1. The van der Waals surface area contributed by atoms with E-state index in [0.717, 1.165) is 31.5 Å². The molecule has 1 aliphatic heterocycles. The van der Waals surface area contributed by atoms with Gasteiger partial charge in [0.05, 0.1) is 21.8 Å². The fourth-order valence-electron chi connectivity index (χ4n) is 3.58. The van der Waals surface area contributed by atoms with E-state index in [9.17, 15) is 18.3 Å². The van der Waals surface area contributed by atoms with E-state index in [4.69, 9.17) is 0 Å². The van der Waals surface area contributed by atoms with E-state index in [1.54, 1.807) is 25.1 Å². The number of piperidine rings is 1. The minimum Gasteiger partial charge on any atom is -0.478 e. The standard InChI is InChI=1S/C21H26N2O4S/c1-14-8-10-23(11-9-14)19-6-5-17(21(24)25)13-18(19)22-28(26,27)20-7-4-15(2)12-16(20)3/h4-7,12-14,22H,8-11H2,1-3H3,(H,24,25). The Morgan fingerprint density at radius 1 is 1.11 bits per heavy atom. The topological polar surface area (TPSA) is 86.7 Å². The number of carboxylic acid groups (broad SMARTS) is 1. The summed E-state index contributed by atoms with van der Waals surface area (Å²) in [5.41, 5.74) is 2.69. The molecule has 0 unspecified atom stereocenters. The average Bonchev–Trinajstić information content (AvgIpc) is 2.61. The molecule has 0 aliphatic carbocycles. The first-order valence-electron chi connectivity index (χ1n) is 9.40. The number of aryl methyl sites for hydroxylation is 2. The fourth-order valence-corrected chi connectivity index (χ4v) is 4.87. The quantitative estimate of drug-likeness (QED) is 0.788. The van der Waals surface area contributed by atoms with Gasteiger partial charge in [0.25, 0.3) is 10.0 Å². The molecule has 0 radical (unpaired) electrons. The summed E-state index contributed by atoms with van der Waals surface area (Å²) >= 11 is 0. The van der Waals surface area contributed by atoms with E-state index in [0.29, 0.717) is 22.9 Å². The maximum atomic E-state index is 13.0. The van der Waals surface area contributed by atoms with Crippen LogP contribution in [0.2, 0.25) is 0 Å². The van der Waals surface area contributed by atoms with Crippen molar-refractivity contribution in [2.75, 3.05) is 22.7 Å². The molecule has 0 amide bonds. The molecule has 0 saturated carbocycles. The van der Waals surface area contributed by atoms with Crippen molar-refractivity contribution < 1.29 is 18.3 Å². The van der Waals surface area contributed by atoms with E-state index in [1.165, 1.54) is 12.1 Å². The molecule has 1 saturated heterocycles. The Balaban J connectivity index is 2.01. The fraction of sp³-hybridized carbons (Fsp3) is 0.381. The highest BCUT2D eigenvalue weighted by atomic mass is 32.2. The van der Waals surface area contributed by atoms with Crippen molar-refractivity contribution in [1.29, 1.82) is 0 Å². The first-order chi connectivity index (χ1) is 13.2. The van der Waals surface area contributed by atoms with E-state index in [1.807, 2.05) is 13.0 Å².